The zero-order chi connectivity index (χ0) is 21.8. The van der Waals surface area contributed by atoms with E-state index < -0.39 is 0 Å². The highest BCUT2D eigenvalue weighted by molar-refractivity contribution is 6.36. The molecule has 4 rings (SSSR count). The molecular formula is C25H25Cl3N2O. The van der Waals surface area contributed by atoms with Gasteiger partial charge in [-0.2, -0.15) is 0 Å². The van der Waals surface area contributed by atoms with Crippen molar-refractivity contribution in [2.45, 2.75) is 12.5 Å². The van der Waals surface area contributed by atoms with Crippen LogP contribution in [0, 0.1) is 0 Å². The average molecular weight is 476 g/mol. The summed E-state index contributed by atoms with van der Waals surface area (Å²) in [7, 11) is 1.69. The zero-order valence-electron chi connectivity index (χ0n) is 17.4. The van der Waals surface area contributed by atoms with Gasteiger partial charge in [-0.05, 0) is 60.0 Å². The molecule has 0 aliphatic carbocycles. The molecule has 0 radical (unpaired) electrons. The van der Waals surface area contributed by atoms with Crippen LogP contribution in [0.4, 0.5) is 5.69 Å². The van der Waals surface area contributed by atoms with Gasteiger partial charge in [0.1, 0.15) is 5.75 Å². The van der Waals surface area contributed by atoms with Crippen molar-refractivity contribution in [1.82, 2.24) is 4.90 Å². The summed E-state index contributed by atoms with van der Waals surface area (Å²) in [4.78, 5) is 4.90. The quantitative estimate of drug-likeness (QED) is 0.391. The third-order valence-corrected chi connectivity index (χ3v) is 6.60. The second-order valence-electron chi connectivity index (χ2n) is 7.76. The Bertz CT molecular complexity index is 1010. The molecule has 31 heavy (non-hydrogen) atoms. The molecule has 0 amide bonds. The lowest BCUT2D eigenvalue weighted by Crippen LogP contribution is -2.49. The van der Waals surface area contributed by atoms with Crippen molar-refractivity contribution < 1.29 is 4.74 Å². The lowest BCUT2D eigenvalue weighted by atomic mass is 10.0. The molecule has 0 saturated carbocycles. The predicted molar refractivity (Wildman–Crippen MR) is 131 cm³/mol. The minimum Gasteiger partial charge on any atom is -0.497 e. The van der Waals surface area contributed by atoms with E-state index in [1.165, 1.54) is 11.1 Å². The highest BCUT2D eigenvalue weighted by Gasteiger charge is 2.29. The molecule has 162 valence electrons. The van der Waals surface area contributed by atoms with E-state index >= 15 is 0 Å². The van der Waals surface area contributed by atoms with Gasteiger partial charge in [0, 0.05) is 36.2 Å². The third kappa shape index (κ3) is 5.48. The normalized spacial score (nSPS) is 17.0. The van der Waals surface area contributed by atoms with Gasteiger partial charge in [0.2, 0.25) is 0 Å². The van der Waals surface area contributed by atoms with Gasteiger partial charge in [-0.15, -0.1) is 0 Å². The van der Waals surface area contributed by atoms with E-state index in [1.807, 2.05) is 42.5 Å². The van der Waals surface area contributed by atoms with Crippen molar-refractivity contribution >= 4 is 40.5 Å². The van der Waals surface area contributed by atoms with Crippen molar-refractivity contribution in [3.05, 3.63) is 92.9 Å². The van der Waals surface area contributed by atoms with Crippen LogP contribution < -0.4 is 9.64 Å². The Hall–Kier alpha value is -1.91. The maximum Gasteiger partial charge on any atom is 0.118 e. The molecule has 3 aromatic rings. The van der Waals surface area contributed by atoms with Crippen LogP contribution in [0.5, 0.6) is 5.75 Å². The molecule has 1 saturated heterocycles. The van der Waals surface area contributed by atoms with Crippen LogP contribution in [0.3, 0.4) is 0 Å². The SMILES string of the molecule is COc1ccc(CCN2CCN(c3ccc(Cl)cc3Cl)[C@H](c3ccc(Cl)cc3)C2)cc1. The number of ether oxygens (including phenoxy) is 1. The second kappa shape index (κ2) is 10.1. The van der Waals surface area contributed by atoms with E-state index in [-0.39, 0.29) is 6.04 Å². The van der Waals surface area contributed by atoms with Crippen molar-refractivity contribution in [3.8, 4) is 5.75 Å². The van der Waals surface area contributed by atoms with Gasteiger partial charge >= 0.3 is 0 Å². The van der Waals surface area contributed by atoms with Gasteiger partial charge in [0.15, 0.2) is 0 Å². The highest BCUT2D eigenvalue weighted by Crippen LogP contribution is 2.36. The van der Waals surface area contributed by atoms with Crippen LogP contribution in [0.15, 0.2) is 66.7 Å². The largest absolute Gasteiger partial charge is 0.497 e. The number of halogens is 3. The van der Waals surface area contributed by atoms with E-state index in [1.54, 1.807) is 7.11 Å². The van der Waals surface area contributed by atoms with Crippen molar-refractivity contribution in [2.75, 3.05) is 38.2 Å². The first-order chi connectivity index (χ1) is 15.0. The van der Waals surface area contributed by atoms with Crippen molar-refractivity contribution in [1.29, 1.82) is 0 Å². The Balaban J connectivity index is 1.52. The van der Waals surface area contributed by atoms with Gasteiger partial charge in [-0.3, -0.25) is 4.90 Å². The Morgan fingerprint density at radius 2 is 1.58 bits per heavy atom. The number of methoxy groups -OCH3 is 1. The Morgan fingerprint density at radius 3 is 2.26 bits per heavy atom. The number of hydrogen-bond donors (Lipinski definition) is 0. The molecule has 3 aromatic carbocycles. The van der Waals surface area contributed by atoms with Gasteiger partial charge in [0.25, 0.3) is 0 Å². The fraction of sp³-hybridized carbons (Fsp3) is 0.280. The van der Waals surface area contributed by atoms with E-state index in [2.05, 4.69) is 34.1 Å². The Kier molecular flexibility index (Phi) is 7.29. The van der Waals surface area contributed by atoms with E-state index in [0.717, 1.165) is 49.1 Å². The molecule has 1 heterocycles. The monoisotopic (exact) mass is 474 g/mol. The minimum absolute atomic E-state index is 0.181. The number of anilines is 1. The predicted octanol–water partition coefficient (Wildman–Crippen LogP) is 6.76. The lowest BCUT2D eigenvalue weighted by Gasteiger charge is -2.43. The third-order valence-electron chi connectivity index (χ3n) is 5.81. The number of rotatable bonds is 6. The summed E-state index contributed by atoms with van der Waals surface area (Å²) in [6.45, 7) is 3.77. The maximum atomic E-state index is 6.57. The van der Waals surface area contributed by atoms with Crippen LogP contribution in [-0.4, -0.2) is 38.2 Å². The van der Waals surface area contributed by atoms with Gasteiger partial charge in [-0.1, -0.05) is 59.1 Å². The minimum atomic E-state index is 0.181. The summed E-state index contributed by atoms with van der Waals surface area (Å²) in [6, 6.07) is 22.3. The number of hydrogen-bond acceptors (Lipinski definition) is 3. The fourth-order valence-electron chi connectivity index (χ4n) is 4.09. The average Bonchev–Trinajstić information content (AvgIpc) is 2.79. The first kappa shape index (κ1) is 22.3. The molecule has 0 spiro atoms. The van der Waals surface area contributed by atoms with Crippen LogP contribution in [0.1, 0.15) is 17.2 Å². The Morgan fingerprint density at radius 1 is 0.871 bits per heavy atom. The van der Waals surface area contributed by atoms with E-state index in [0.29, 0.717) is 10.0 Å². The molecule has 0 aromatic heterocycles. The smallest absolute Gasteiger partial charge is 0.118 e. The summed E-state index contributed by atoms with van der Waals surface area (Å²) in [5, 5.41) is 2.07. The van der Waals surface area contributed by atoms with Crippen molar-refractivity contribution in [2.24, 2.45) is 0 Å². The summed E-state index contributed by atoms with van der Waals surface area (Å²) >= 11 is 18.9. The van der Waals surface area contributed by atoms with Crippen LogP contribution >= 0.6 is 34.8 Å². The molecular weight excluding hydrogens is 451 g/mol. The first-order valence-electron chi connectivity index (χ1n) is 10.4. The van der Waals surface area contributed by atoms with E-state index in [9.17, 15) is 0 Å². The topological polar surface area (TPSA) is 15.7 Å². The summed E-state index contributed by atoms with van der Waals surface area (Å²) < 4.78 is 5.26. The molecule has 0 unspecified atom stereocenters. The fourth-order valence-corrected chi connectivity index (χ4v) is 4.74. The first-order valence-corrected chi connectivity index (χ1v) is 11.5. The molecule has 1 fully saturated rings. The maximum absolute atomic E-state index is 6.57. The number of nitrogens with zero attached hydrogens (tertiary/aromatic N) is 2. The molecule has 1 atom stereocenters. The highest BCUT2D eigenvalue weighted by atomic mass is 35.5. The lowest BCUT2D eigenvalue weighted by molar-refractivity contribution is 0.226. The van der Waals surface area contributed by atoms with Gasteiger partial charge in [-0.25, -0.2) is 0 Å². The van der Waals surface area contributed by atoms with Crippen LogP contribution in [0.25, 0.3) is 0 Å². The van der Waals surface area contributed by atoms with Crippen LogP contribution in [0.2, 0.25) is 15.1 Å². The molecule has 1 aliphatic heterocycles. The van der Waals surface area contributed by atoms with Gasteiger partial charge < -0.3 is 9.64 Å². The summed E-state index contributed by atoms with van der Waals surface area (Å²) in [6.07, 6.45) is 0.999. The van der Waals surface area contributed by atoms with E-state index in [4.69, 9.17) is 39.5 Å². The molecule has 0 N–H and O–H groups in total. The van der Waals surface area contributed by atoms with Crippen molar-refractivity contribution in [3.63, 3.8) is 0 Å². The molecule has 1 aliphatic rings. The summed E-state index contributed by atoms with van der Waals surface area (Å²) in [5.74, 6) is 0.889. The summed E-state index contributed by atoms with van der Waals surface area (Å²) in [5.41, 5.74) is 3.55. The van der Waals surface area contributed by atoms with Gasteiger partial charge in [0.05, 0.1) is 23.9 Å². The standard InChI is InChI=1S/C25H25Cl3N2O/c1-31-22-9-2-18(3-10-22)12-13-29-14-15-30(24-11-8-21(27)16-23(24)28)25(17-29)19-4-6-20(26)7-5-19/h2-11,16,25H,12-15,17H2,1H3/t25-/m0/s1. The molecule has 0 bridgehead atoms. The molecule has 6 heteroatoms. The van der Waals surface area contributed by atoms with Crippen LogP contribution in [-0.2, 0) is 6.42 Å². The Labute approximate surface area is 199 Å². The number of piperazine rings is 1. The molecule has 3 nitrogen and oxygen atoms in total. The zero-order valence-corrected chi connectivity index (χ0v) is 19.7. The second-order valence-corrected chi connectivity index (χ2v) is 9.04. The number of benzene rings is 3.